The fourth-order valence-corrected chi connectivity index (χ4v) is 4.15. The molecule has 0 aliphatic heterocycles. The highest BCUT2D eigenvalue weighted by atomic mass is 35.5. The number of rotatable bonds is 5. The van der Waals surface area contributed by atoms with Crippen molar-refractivity contribution in [2.45, 2.75) is 12.6 Å². The number of nitrogens with zero attached hydrogens (tertiary/aromatic N) is 3. The molecule has 0 aliphatic rings. The van der Waals surface area contributed by atoms with Gasteiger partial charge in [-0.25, -0.2) is 4.98 Å². The van der Waals surface area contributed by atoms with Crippen LogP contribution < -0.4 is 5.32 Å². The summed E-state index contributed by atoms with van der Waals surface area (Å²) >= 11 is 5.64. The molecule has 0 unspecified atom stereocenters. The lowest BCUT2D eigenvalue weighted by Crippen LogP contribution is -2.15. The van der Waals surface area contributed by atoms with Gasteiger partial charge in [0.1, 0.15) is 5.65 Å². The smallest absolute Gasteiger partial charge is 0.326 e. The summed E-state index contributed by atoms with van der Waals surface area (Å²) in [4.78, 5) is 21.0. The second kappa shape index (κ2) is 9.47. The summed E-state index contributed by atoms with van der Waals surface area (Å²) in [5.41, 5.74) is 4.44. The molecule has 0 atom stereocenters. The normalized spacial score (nSPS) is 11.6. The van der Waals surface area contributed by atoms with Crippen molar-refractivity contribution >= 4 is 28.8 Å². The lowest BCUT2D eigenvalue weighted by molar-refractivity contribution is -0.137. The number of anilines is 1. The molecule has 5 aromatic rings. The molecule has 1 N–H and O–H groups in total. The Morgan fingerprint density at radius 2 is 1.67 bits per heavy atom. The number of hydrogen-bond acceptors (Lipinski definition) is 3. The maximum absolute atomic E-state index is 13.1. The number of nitrogens with one attached hydrogen (secondary N) is 1. The molecule has 5 rings (SSSR count). The number of carbonyl (C=O) groups is 1. The minimum atomic E-state index is -4.61. The van der Waals surface area contributed by atoms with Crippen LogP contribution in [0.5, 0.6) is 0 Å². The number of alkyl halides is 3. The van der Waals surface area contributed by atoms with E-state index in [1.54, 1.807) is 18.6 Å². The molecular weight excluding hydrogens is 489 g/mol. The van der Waals surface area contributed by atoms with E-state index >= 15 is 0 Å². The second-order valence-electron chi connectivity index (χ2n) is 8.14. The maximum Gasteiger partial charge on any atom is 0.417 e. The number of aromatic nitrogens is 3. The van der Waals surface area contributed by atoms with E-state index in [1.165, 1.54) is 6.07 Å². The van der Waals surface area contributed by atoms with Gasteiger partial charge in [-0.15, -0.1) is 0 Å². The van der Waals surface area contributed by atoms with E-state index in [0.717, 1.165) is 45.7 Å². The second-order valence-corrected chi connectivity index (χ2v) is 8.54. The zero-order chi connectivity index (χ0) is 25.3. The first kappa shape index (κ1) is 23.6. The zero-order valence-electron chi connectivity index (χ0n) is 18.6. The molecule has 36 heavy (non-hydrogen) atoms. The lowest BCUT2D eigenvalue weighted by Gasteiger charge is -2.12. The van der Waals surface area contributed by atoms with Crippen molar-refractivity contribution in [1.82, 2.24) is 14.4 Å². The first-order valence-corrected chi connectivity index (χ1v) is 11.3. The summed E-state index contributed by atoms with van der Waals surface area (Å²) in [5, 5.41) is 2.08. The van der Waals surface area contributed by atoms with Gasteiger partial charge in [-0.3, -0.25) is 14.2 Å². The molecule has 2 aromatic carbocycles. The summed E-state index contributed by atoms with van der Waals surface area (Å²) in [6.07, 6.45) is 2.63. The van der Waals surface area contributed by atoms with Gasteiger partial charge in [0.05, 0.1) is 28.9 Å². The van der Waals surface area contributed by atoms with Crippen molar-refractivity contribution in [2.24, 2.45) is 0 Å². The van der Waals surface area contributed by atoms with Crippen LogP contribution in [0.1, 0.15) is 11.1 Å². The largest absolute Gasteiger partial charge is 0.417 e. The molecule has 0 fully saturated rings. The van der Waals surface area contributed by atoms with Crippen LogP contribution in [0.15, 0.2) is 91.5 Å². The number of carbonyl (C=O) groups excluding carboxylic acids is 1. The third kappa shape index (κ3) is 4.94. The molecule has 3 aromatic heterocycles. The van der Waals surface area contributed by atoms with Gasteiger partial charge in [0.15, 0.2) is 0 Å². The van der Waals surface area contributed by atoms with E-state index in [4.69, 9.17) is 11.6 Å². The molecule has 3 heterocycles. The molecule has 0 bridgehead atoms. The van der Waals surface area contributed by atoms with Crippen molar-refractivity contribution in [3.05, 3.63) is 108 Å². The monoisotopic (exact) mass is 506 g/mol. The summed E-state index contributed by atoms with van der Waals surface area (Å²) in [5.74, 6) is -0.434. The van der Waals surface area contributed by atoms with E-state index in [0.29, 0.717) is 0 Å². The minimum Gasteiger partial charge on any atom is -0.326 e. The molecule has 5 nitrogen and oxygen atoms in total. The molecular formula is C27H18ClF3N4O. The van der Waals surface area contributed by atoms with E-state index < -0.39 is 22.7 Å². The van der Waals surface area contributed by atoms with Crippen LogP contribution in [-0.4, -0.2) is 20.3 Å². The third-order valence-electron chi connectivity index (χ3n) is 5.70. The number of imidazole rings is 1. The van der Waals surface area contributed by atoms with E-state index in [2.05, 4.69) is 15.3 Å². The quantitative estimate of drug-likeness (QED) is 0.281. The third-order valence-corrected chi connectivity index (χ3v) is 6.03. The van der Waals surface area contributed by atoms with E-state index in [-0.39, 0.29) is 12.1 Å². The Bertz CT molecular complexity index is 1550. The molecule has 9 heteroatoms. The zero-order valence-corrected chi connectivity index (χ0v) is 19.4. The van der Waals surface area contributed by atoms with Crippen LogP contribution in [-0.2, 0) is 17.4 Å². The van der Waals surface area contributed by atoms with Crippen molar-refractivity contribution < 1.29 is 18.0 Å². The summed E-state index contributed by atoms with van der Waals surface area (Å²) in [6, 6.07) is 18.5. The van der Waals surface area contributed by atoms with Crippen LogP contribution >= 0.6 is 11.6 Å². The Morgan fingerprint density at radius 3 is 2.39 bits per heavy atom. The SMILES string of the molecule is O=C(Cc1ccc(-c2cnc3cc(-c4ccncc4)ccn23)cc1)Nc1ccc(Cl)c(C(F)(F)F)c1. The number of halogens is 4. The van der Waals surface area contributed by atoms with Gasteiger partial charge in [0, 0.05) is 29.8 Å². The lowest BCUT2D eigenvalue weighted by atomic mass is 10.1. The molecule has 1 amide bonds. The predicted octanol–water partition coefficient (Wildman–Crippen LogP) is 6.92. The van der Waals surface area contributed by atoms with Crippen molar-refractivity contribution in [3.8, 4) is 22.4 Å². The fourth-order valence-electron chi connectivity index (χ4n) is 3.92. The van der Waals surface area contributed by atoms with Crippen LogP contribution in [0.4, 0.5) is 18.9 Å². The van der Waals surface area contributed by atoms with Crippen molar-refractivity contribution in [3.63, 3.8) is 0 Å². The van der Waals surface area contributed by atoms with Gasteiger partial charge < -0.3 is 5.32 Å². The number of amides is 1. The summed E-state index contributed by atoms with van der Waals surface area (Å²) in [6.45, 7) is 0. The predicted molar refractivity (Wildman–Crippen MR) is 133 cm³/mol. The standard InChI is InChI=1S/C27H18ClF3N4O/c28-23-6-5-21(15-22(23)27(29,30)31)34-26(36)13-17-1-3-19(4-2-17)24-16-33-25-14-20(9-12-35(24)25)18-7-10-32-11-8-18/h1-12,14-16H,13H2,(H,34,36). The molecule has 0 saturated heterocycles. The first-order chi connectivity index (χ1) is 17.3. The molecule has 0 aliphatic carbocycles. The molecule has 0 spiro atoms. The summed E-state index contributed by atoms with van der Waals surface area (Å²) < 4.78 is 41.1. The number of pyridine rings is 2. The topological polar surface area (TPSA) is 59.3 Å². The van der Waals surface area contributed by atoms with Gasteiger partial charge >= 0.3 is 6.18 Å². The molecule has 0 saturated carbocycles. The highest BCUT2D eigenvalue weighted by molar-refractivity contribution is 6.31. The Kier molecular flexibility index (Phi) is 6.20. The van der Waals surface area contributed by atoms with E-state index in [1.807, 2.05) is 59.1 Å². The van der Waals surface area contributed by atoms with Gasteiger partial charge in [0.2, 0.25) is 5.91 Å². The van der Waals surface area contributed by atoms with Crippen LogP contribution in [0, 0.1) is 0 Å². The number of hydrogen-bond donors (Lipinski definition) is 1. The highest BCUT2D eigenvalue weighted by Gasteiger charge is 2.33. The fraction of sp³-hybridized carbons (Fsp3) is 0.0741. The van der Waals surface area contributed by atoms with Crippen molar-refractivity contribution in [2.75, 3.05) is 5.32 Å². The number of fused-ring (bicyclic) bond motifs is 1. The minimum absolute atomic E-state index is 0.00665. The molecule has 0 radical (unpaired) electrons. The maximum atomic E-state index is 13.1. The Balaban J connectivity index is 1.30. The Hall–Kier alpha value is -4.17. The van der Waals surface area contributed by atoms with E-state index in [9.17, 15) is 18.0 Å². The van der Waals surface area contributed by atoms with Gasteiger partial charge in [-0.2, -0.15) is 13.2 Å². The Morgan fingerprint density at radius 1 is 0.917 bits per heavy atom. The highest BCUT2D eigenvalue weighted by Crippen LogP contribution is 2.36. The van der Waals surface area contributed by atoms with Gasteiger partial charge in [-0.05, 0) is 59.2 Å². The molecule has 180 valence electrons. The summed E-state index contributed by atoms with van der Waals surface area (Å²) in [7, 11) is 0. The number of benzene rings is 2. The van der Waals surface area contributed by atoms with Gasteiger partial charge in [-0.1, -0.05) is 35.9 Å². The first-order valence-electron chi connectivity index (χ1n) is 10.9. The average Bonchev–Trinajstić information content (AvgIpc) is 3.29. The van der Waals surface area contributed by atoms with Crippen molar-refractivity contribution in [1.29, 1.82) is 0 Å². The van der Waals surface area contributed by atoms with Crippen LogP contribution in [0.2, 0.25) is 5.02 Å². The van der Waals surface area contributed by atoms with Crippen LogP contribution in [0.3, 0.4) is 0 Å². The Labute approximate surface area is 209 Å². The van der Waals surface area contributed by atoms with Crippen LogP contribution in [0.25, 0.3) is 28.0 Å². The van der Waals surface area contributed by atoms with Gasteiger partial charge in [0.25, 0.3) is 0 Å². The average molecular weight is 507 g/mol.